The van der Waals surface area contributed by atoms with Crippen molar-refractivity contribution in [2.45, 2.75) is 26.4 Å². The lowest BCUT2D eigenvalue weighted by atomic mass is 10.1. The molecule has 2 heterocycles. The van der Waals surface area contributed by atoms with Crippen LogP contribution in [0, 0.1) is 0 Å². The van der Waals surface area contributed by atoms with Crippen LogP contribution in [0.5, 0.6) is 0 Å². The van der Waals surface area contributed by atoms with E-state index in [4.69, 9.17) is 5.73 Å². The number of hydrogen-bond acceptors (Lipinski definition) is 5. The van der Waals surface area contributed by atoms with E-state index in [9.17, 15) is 4.79 Å². The second-order valence-electron chi connectivity index (χ2n) is 6.06. The molecule has 3 rings (SSSR count). The predicted octanol–water partition coefficient (Wildman–Crippen LogP) is 2.12. The highest BCUT2D eigenvalue weighted by atomic mass is 32.1. The van der Waals surface area contributed by atoms with Gasteiger partial charge in [0.05, 0.1) is 10.7 Å². The van der Waals surface area contributed by atoms with Crippen LogP contribution in [-0.2, 0) is 19.5 Å². The normalized spacial score (nSPS) is 15.7. The van der Waals surface area contributed by atoms with Crippen molar-refractivity contribution >= 4 is 17.2 Å². The molecule has 128 valence electrons. The fraction of sp³-hybridized carbons (Fsp3) is 0.444. The van der Waals surface area contributed by atoms with Crippen LogP contribution in [0.25, 0.3) is 0 Å². The van der Waals surface area contributed by atoms with Gasteiger partial charge in [0.15, 0.2) is 0 Å². The van der Waals surface area contributed by atoms with Crippen molar-refractivity contribution < 1.29 is 4.79 Å². The number of rotatable bonds is 5. The summed E-state index contributed by atoms with van der Waals surface area (Å²) in [6.45, 7) is 6.84. The van der Waals surface area contributed by atoms with E-state index in [2.05, 4.69) is 22.2 Å². The fourth-order valence-electron chi connectivity index (χ4n) is 2.89. The van der Waals surface area contributed by atoms with Crippen molar-refractivity contribution in [2.24, 2.45) is 5.73 Å². The van der Waals surface area contributed by atoms with E-state index in [1.807, 2.05) is 29.2 Å². The molecule has 1 aliphatic heterocycles. The monoisotopic (exact) mass is 344 g/mol. The zero-order chi connectivity index (χ0) is 16.9. The lowest BCUT2D eigenvalue weighted by Gasteiger charge is -2.34. The zero-order valence-electron chi connectivity index (χ0n) is 14.1. The standard InChI is InChI=1S/C18H24N4OS/c1-2-17-20-16(13-24-17)12-21-7-9-22(10-8-21)18(23)15-5-3-14(11-19)4-6-15/h3-6,13H,2,7-12,19H2,1H3. The summed E-state index contributed by atoms with van der Waals surface area (Å²) in [4.78, 5) is 21.5. The number of hydrogen-bond donors (Lipinski definition) is 1. The second-order valence-corrected chi connectivity index (χ2v) is 7.00. The molecular formula is C18H24N4OS. The Balaban J connectivity index is 1.53. The molecule has 2 N–H and O–H groups in total. The molecule has 0 bridgehead atoms. The molecule has 0 spiro atoms. The van der Waals surface area contributed by atoms with Crippen LogP contribution in [0.2, 0.25) is 0 Å². The number of aryl methyl sites for hydroxylation is 1. The molecule has 0 unspecified atom stereocenters. The van der Waals surface area contributed by atoms with Gasteiger partial charge in [0, 0.05) is 50.2 Å². The number of piperazine rings is 1. The maximum Gasteiger partial charge on any atom is 0.253 e. The molecule has 1 fully saturated rings. The third kappa shape index (κ3) is 4.01. The number of thiazole rings is 1. The Labute approximate surface area is 147 Å². The molecule has 0 saturated carbocycles. The Morgan fingerprint density at radius 2 is 1.92 bits per heavy atom. The Morgan fingerprint density at radius 1 is 1.21 bits per heavy atom. The van der Waals surface area contributed by atoms with Gasteiger partial charge >= 0.3 is 0 Å². The van der Waals surface area contributed by atoms with Crippen molar-refractivity contribution in [3.8, 4) is 0 Å². The van der Waals surface area contributed by atoms with Crippen molar-refractivity contribution in [1.29, 1.82) is 0 Å². The third-order valence-electron chi connectivity index (χ3n) is 4.38. The molecule has 24 heavy (non-hydrogen) atoms. The molecule has 1 saturated heterocycles. The van der Waals surface area contributed by atoms with Crippen molar-refractivity contribution in [1.82, 2.24) is 14.8 Å². The van der Waals surface area contributed by atoms with Gasteiger partial charge in [-0.2, -0.15) is 0 Å². The van der Waals surface area contributed by atoms with E-state index in [1.54, 1.807) is 11.3 Å². The Bertz CT molecular complexity index is 675. The summed E-state index contributed by atoms with van der Waals surface area (Å²) in [7, 11) is 0. The van der Waals surface area contributed by atoms with Gasteiger partial charge in [-0.15, -0.1) is 11.3 Å². The van der Waals surface area contributed by atoms with E-state index in [0.29, 0.717) is 6.54 Å². The van der Waals surface area contributed by atoms with Crippen LogP contribution in [0.3, 0.4) is 0 Å². The van der Waals surface area contributed by atoms with E-state index < -0.39 is 0 Å². The highest BCUT2D eigenvalue weighted by molar-refractivity contribution is 7.09. The lowest BCUT2D eigenvalue weighted by molar-refractivity contribution is 0.0627. The minimum absolute atomic E-state index is 0.111. The van der Waals surface area contributed by atoms with Crippen LogP contribution < -0.4 is 5.73 Å². The van der Waals surface area contributed by atoms with Crippen molar-refractivity contribution in [3.05, 3.63) is 51.5 Å². The molecular weight excluding hydrogens is 320 g/mol. The van der Waals surface area contributed by atoms with Gasteiger partial charge in [-0.1, -0.05) is 19.1 Å². The third-order valence-corrected chi connectivity index (χ3v) is 5.43. The van der Waals surface area contributed by atoms with Gasteiger partial charge in [0.1, 0.15) is 0 Å². The minimum Gasteiger partial charge on any atom is -0.336 e. The number of carbonyl (C=O) groups excluding carboxylic acids is 1. The molecule has 1 aromatic heterocycles. The van der Waals surface area contributed by atoms with E-state index in [1.165, 1.54) is 5.01 Å². The quantitative estimate of drug-likeness (QED) is 0.902. The maximum absolute atomic E-state index is 12.6. The molecule has 1 aliphatic rings. The number of amides is 1. The summed E-state index contributed by atoms with van der Waals surface area (Å²) < 4.78 is 0. The SMILES string of the molecule is CCc1nc(CN2CCN(C(=O)c3ccc(CN)cc3)CC2)cs1. The lowest BCUT2D eigenvalue weighted by Crippen LogP contribution is -2.48. The predicted molar refractivity (Wildman–Crippen MR) is 97.0 cm³/mol. The first-order chi connectivity index (χ1) is 11.7. The Morgan fingerprint density at radius 3 is 2.50 bits per heavy atom. The summed E-state index contributed by atoms with van der Waals surface area (Å²) in [5.74, 6) is 0.111. The number of carbonyl (C=O) groups is 1. The molecule has 0 radical (unpaired) electrons. The van der Waals surface area contributed by atoms with Crippen LogP contribution in [0.4, 0.5) is 0 Å². The van der Waals surface area contributed by atoms with Gasteiger partial charge in [-0.25, -0.2) is 4.98 Å². The number of benzene rings is 1. The van der Waals surface area contributed by atoms with Crippen molar-refractivity contribution in [3.63, 3.8) is 0 Å². The van der Waals surface area contributed by atoms with Gasteiger partial charge in [0.2, 0.25) is 0 Å². The maximum atomic E-state index is 12.6. The van der Waals surface area contributed by atoms with Crippen molar-refractivity contribution in [2.75, 3.05) is 26.2 Å². The molecule has 1 aromatic carbocycles. The first kappa shape index (κ1) is 17.1. The fourth-order valence-corrected chi connectivity index (χ4v) is 3.62. The molecule has 2 aromatic rings. The smallest absolute Gasteiger partial charge is 0.253 e. The van der Waals surface area contributed by atoms with Crippen LogP contribution in [0.15, 0.2) is 29.6 Å². The van der Waals surface area contributed by atoms with E-state index in [-0.39, 0.29) is 5.91 Å². The van der Waals surface area contributed by atoms with Gasteiger partial charge in [-0.05, 0) is 24.1 Å². The molecule has 1 amide bonds. The van der Waals surface area contributed by atoms with E-state index in [0.717, 1.165) is 56.0 Å². The molecule has 0 aliphatic carbocycles. The topological polar surface area (TPSA) is 62.5 Å². The highest BCUT2D eigenvalue weighted by Gasteiger charge is 2.22. The summed E-state index contributed by atoms with van der Waals surface area (Å²) in [5, 5.41) is 3.34. The summed E-state index contributed by atoms with van der Waals surface area (Å²) in [6, 6.07) is 7.60. The van der Waals surface area contributed by atoms with Crippen LogP contribution in [-0.4, -0.2) is 46.9 Å². The Kier molecular flexibility index (Phi) is 5.60. The van der Waals surface area contributed by atoms with Crippen LogP contribution in [0.1, 0.15) is 33.5 Å². The van der Waals surface area contributed by atoms with Gasteiger partial charge < -0.3 is 10.6 Å². The summed E-state index contributed by atoms with van der Waals surface area (Å²) in [6.07, 6.45) is 0.996. The number of aromatic nitrogens is 1. The molecule has 6 heteroatoms. The van der Waals surface area contributed by atoms with E-state index >= 15 is 0 Å². The first-order valence-electron chi connectivity index (χ1n) is 8.43. The Hall–Kier alpha value is -1.76. The minimum atomic E-state index is 0.111. The van der Waals surface area contributed by atoms with Gasteiger partial charge in [0.25, 0.3) is 5.91 Å². The molecule has 0 atom stereocenters. The molecule has 5 nitrogen and oxygen atoms in total. The zero-order valence-corrected chi connectivity index (χ0v) is 14.9. The average molecular weight is 344 g/mol. The van der Waals surface area contributed by atoms with Gasteiger partial charge in [-0.3, -0.25) is 9.69 Å². The average Bonchev–Trinajstić information content (AvgIpc) is 3.09. The number of nitrogens with two attached hydrogens (primary N) is 1. The number of nitrogens with zero attached hydrogens (tertiary/aromatic N) is 3. The summed E-state index contributed by atoms with van der Waals surface area (Å²) >= 11 is 1.73. The van der Waals surface area contributed by atoms with Crippen LogP contribution >= 0.6 is 11.3 Å². The first-order valence-corrected chi connectivity index (χ1v) is 9.31. The summed E-state index contributed by atoms with van der Waals surface area (Å²) in [5.41, 5.74) is 8.54. The largest absolute Gasteiger partial charge is 0.336 e. The second kappa shape index (κ2) is 7.88. The highest BCUT2D eigenvalue weighted by Crippen LogP contribution is 2.15.